The average molecular weight is 375 g/mol. The Hall–Kier alpha value is -3.30. The average Bonchev–Trinajstić information content (AvgIpc) is 3.28. The predicted octanol–water partition coefficient (Wildman–Crippen LogP) is 4.81. The van der Waals surface area contributed by atoms with Crippen molar-refractivity contribution in [1.29, 1.82) is 5.26 Å². The van der Waals surface area contributed by atoms with E-state index in [0.717, 1.165) is 33.2 Å². The van der Waals surface area contributed by atoms with Gasteiger partial charge >= 0.3 is 0 Å². The summed E-state index contributed by atoms with van der Waals surface area (Å²) < 4.78 is 13.0. The molecule has 0 spiro atoms. The molecule has 2 heterocycles. The van der Waals surface area contributed by atoms with Crippen LogP contribution < -0.4 is 9.47 Å². The standard InChI is InChI=1S/C21H17N3O2S/c1-25-15-8-9-19(26-2)16(12-15)20-17(10-11-22)24-18(13-27-21(24)23-20)14-6-4-3-5-7-14/h3-9,12-13H,10H2,1-2H3. The quantitative estimate of drug-likeness (QED) is 0.502. The van der Waals surface area contributed by atoms with E-state index in [9.17, 15) is 5.26 Å². The second-order valence-corrected chi connectivity index (χ2v) is 6.75. The van der Waals surface area contributed by atoms with Crippen molar-refractivity contribution < 1.29 is 9.47 Å². The van der Waals surface area contributed by atoms with Gasteiger partial charge in [-0.05, 0) is 23.8 Å². The van der Waals surface area contributed by atoms with Crippen molar-refractivity contribution in [2.75, 3.05) is 14.2 Å². The molecule has 4 rings (SSSR count). The summed E-state index contributed by atoms with van der Waals surface area (Å²) >= 11 is 1.56. The zero-order chi connectivity index (χ0) is 18.8. The molecule has 6 heteroatoms. The molecule has 0 amide bonds. The molecule has 27 heavy (non-hydrogen) atoms. The van der Waals surface area contributed by atoms with Gasteiger partial charge in [0.15, 0.2) is 4.96 Å². The van der Waals surface area contributed by atoms with Crippen LogP contribution in [0.4, 0.5) is 0 Å². The minimum absolute atomic E-state index is 0.243. The van der Waals surface area contributed by atoms with Gasteiger partial charge in [0.2, 0.25) is 0 Å². The van der Waals surface area contributed by atoms with Crippen molar-refractivity contribution in [3.63, 3.8) is 0 Å². The molecule has 2 aromatic heterocycles. The number of hydrogen-bond acceptors (Lipinski definition) is 5. The van der Waals surface area contributed by atoms with Gasteiger partial charge in [-0.3, -0.25) is 4.40 Å². The van der Waals surface area contributed by atoms with Gasteiger partial charge in [-0.1, -0.05) is 30.3 Å². The summed E-state index contributed by atoms with van der Waals surface area (Å²) in [6.45, 7) is 0. The topological polar surface area (TPSA) is 59.6 Å². The minimum atomic E-state index is 0.243. The third kappa shape index (κ3) is 2.92. The van der Waals surface area contributed by atoms with Gasteiger partial charge in [0.05, 0.1) is 43.8 Å². The smallest absolute Gasteiger partial charge is 0.195 e. The van der Waals surface area contributed by atoms with Gasteiger partial charge in [0.25, 0.3) is 0 Å². The first kappa shape index (κ1) is 17.1. The summed E-state index contributed by atoms with van der Waals surface area (Å²) in [6.07, 6.45) is 0.243. The Bertz CT molecular complexity index is 1140. The second kappa shape index (κ2) is 7.14. The van der Waals surface area contributed by atoms with Crippen LogP contribution in [-0.4, -0.2) is 23.6 Å². The Morgan fingerprint density at radius 2 is 1.93 bits per heavy atom. The summed E-state index contributed by atoms with van der Waals surface area (Å²) in [7, 11) is 3.25. The first-order chi connectivity index (χ1) is 13.3. The van der Waals surface area contributed by atoms with Crippen LogP contribution in [0, 0.1) is 11.3 Å². The zero-order valence-electron chi connectivity index (χ0n) is 15.0. The van der Waals surface area contributed by atoms with Crippen LogP contribution in [0.1, 0.15) is 5.69 Å². The van der Waals surface area contributed by atoms with Crippen molar-refractivity contribution in [2.45, 2.75) is 6.42 Å². The summed E-state index contributed by atoms with van der Waals surface area (Å²) in [5.74, 6) is 1.41. The number of nitrogens with zero attached hydrogens (tertiary/aromatic N) is 3. The highest BCUT2D eigenvalue weighted by molar-refractivity contribution is 7.15. The van der Waals surface area contributed by atoms with E-state index in [-0.39, 0.29) is 6.42 Å². The molecule has 0 N–H and O–H groups in total. The van der Waals surface area contributed by atoms with Crippen LogP contribution in [0.25, 0.3) is 27.5 Å². The van der Waals surface area contributed by atoms with Crippen molar-refractivity contribution in [2.24, 2.45) is 0 Å². The number of rotatable bonds is 5. The van der Waals surface area contributed by atoms with E-state index >= 15 is 0 Å². The van der Waals surface area contributed by atoms with Crippen LogP contribution in [0.5, 0.6) is 11.5 Å². The lowest BCUT2D eigenvalue weighted by Crippen LogP contribution is -1.97. The summed E-state index contributed by atoms with van der Waals surface area (Å²) in [5, 5.41) is 11.5. The molecule has 0 unspecified atom stereocenters. The van der Waals surface area contributed by atoms with Gasteiger partial charge in [-0.25, -0.2) is 4.98 Å². The van der Waals surface area contributed by atoms with Crippen LogP contribution in [-0.2, 0) is 6.42 Å². The monoisotopic (exact) mass is 375 g/mol. The number of imidazole rings is 1. The Morgan fingerprint density at radius 1 is 1.11 bits per heavy atom. The summed E-state index contributed by atoms with van der Waals surface area (Å²) in [4.78, 5) is 5.67. The van der Waals surface area contributed by atoms with Crippen molar-refractivity contribution in [1.82, 2.24) is 9.38 Å². The second-order valence-electron chi connectivity index (χ2n) is 5.91. The number of thiazole rings is 1. The summed E-state index contributed by atoms with van der Waals surface area (Å²) in [5.41, 5.74) is 4.53. The normalized spacial score (nSPS) is 10.7. The molecule has 4 aromatic rings. The van der Waals surface area contributed by atoms with E-state index in [0.29, 0.717) is 11.5 Å². The Balaban J connectivity index is 1.99. The molecular formula is C21H17N3O2S. The molecular weight excluding hydrogens is 358 g/mol. The van der Waals surface area contributed by atoms with Gasteiger partial charge in [-0.2, -0.15) is 5.26 Å². The van der Waals surface area contributed by atoms with Crippen molar-refractivity contribution in [3.8, 4) is 40.1 Å². The number of benzene rings is 2. The molecule has 134 valence electrons. The van der Waals surface area contributed by atoms with E-state index < -0.39 is 0 Å². The lowest BCUT2D eigenvalue weighted by Gasteiger charge is -2.10. The molecule has 0 bridgehead atoms. The third-order valence-electron chi connectivity index (χ3n) is 4.44. The zero-order valence-corrected chi connectivity index (χ0v) is 15.8. The molecule has 0 fully saturated rings. The van der Waals surface area contributed by atoms with Crippen LogP contribution in [0.2, 0.25) is 0 Å². The Kier molecular flexibility index (Phi) is 4.53. The highest BCUT2D eigenvalue weighted by Gasteiger charge is 2.21. The number of ether oxygens (including phenoxy) is 2. The molecule has 0 aliphatic heterocycles. The van der Waals surface area contributed by atoms with Crippen molar-refractivity contribution in [3.05, 3.63) is 59.6 Å². The van der Waals surface area contributed by atoms with Gasteiger partial charge in [0.1, 0.15) is 11.5 Å². The molecule has 0 saturated heterocycles. The Labute approximate surface area is 161 Å². The Morgan fingerprint density at radius 3 is 2.63 bits per heavy atom. The van der Waals surface area contributed by atoms with Gasteiger partial charge in [0, 0.05) is 10.9 Å². The highest BCUT2D eigenvalue weighted by atomic mass is 32.1. The predicted molar refractivity (Wildman–Crippen MR) is 106 cm³/mol. The maximum Gasteiger partial charge on any atom is 0.195 e. The number of nitriles is 1. The van der Waals surface area contributed by atoms with Crippen molar-refractivity contribution >= 4 is 16.3 Å². The first-order valence-corrected chi connectivity index (χ1v) is 9.28. The van der Waals surface area contributed by atoms with E-state index in [1.54, 1.807) is 25.6 Å². The fraction of sp³-hybridized carbons (Fsp3) is 0.143. The van der Waals surface area contributed by atoms with Gasteiger partial charge in [-0.15, -0.1) is 11.3 Å². The largest absolute Gasteiger partial charge is 0.497 e. The minimum Gasteiger partial charge on any atom is -0.497 e. The third-order valence-corrected chi connectivity index (χ3v) is 5.26. The molecule has 0 radical (unpaired) electrons. The van der Waals surface area contributed by atoms with E-state index in [4.69, 9.17) is 14.5 Å². The van der Waals surface area contributed by atoms with E-state index in [1.165, 1.54) is 0 Å². The van der Waals surface area contributed by atoms with Crippen LogP contribution in [0.3, 0.4) is 0 Å². The van der Waals surface area contributed by atoms with E-state index in [1.807, 2.05) is 36.4 Å². The lowest BCUT2D eigenvalue weighted by atomic mass is 10.1. The fourth-order valence-corrected chi connectivity index (χ4v) is 4.10. The maximum absolute atomic E-state index is 9.45. The molecule has 0 saturated carbocycles. The number of methoxy groups -OCH3 is 2. The number of aromatic nitrogens is 2. The first-order valence-electron chi connectivity index (χ1n) is 8.40. The SMILES string of the molecule is COc1ccc(OC)c(-c2nc3scc(-c4ccccc4)n3c2CC#N)c1. The van der Waals surface area contributed by atoms with Gasteiger partial charge < -0.3 is 9.47 Å². The summed E-state index contributed by atoms with van der Waals surface area (Å²) in [6, 6.07) is 18.0. The van der Waals surface area contributed by atoms with Crippen LogP contribution in [0.15, 0.2) is 53.9 Å². The molecule has 0 aliphatic carbocycles. The molecule has 2 aromatic carbocycles. The van der Waals surface area contributed by atoms with E-state index in [2.05, 4.69) is 28.0 Å². The highest BCUT2D eigenvalue weighted by Crippen LogP contribution is 2.38. The lowest BCUT2D eigenvalue weighted by molar-refractivity contribution is 0.404. The number of hydrogen-bond donors (Lipinski definition) is 0. The molecule has 0 atom stereocenters. The number of fused-ring (bicyclic) bond motifs is 1. The maximum atomic E-state index is 9.45. The fourth-order valence-electron chi connectivity index (χ4n) is 3.18. The molecule has 5 nitrogen and oxygen atoms in total. The molecule has 0 aliphatic rings. The van der Waals surface area contributed by atoms with Crippen LogP contribution >= 0.6 is 11.3 Å².